The van der Waals surface area contributed by atoms with Crippen LogP contribution in [0.2, 0.25) is 0 Å². The van der Waals surface area contributed by atoms with Crippen molar-refractivity contribution in [3.05, 3.63) is 42.0 Å². The van der Waals surface area contributed by atoms with Crippen molar-refractivity contribution >= 4 is 23.5 Å². The summed E-state index contributed by atoms with van der Waals surface area (Å²) in [5.41, 5.74) is 0.789. The third kappa shape index (κ3) is 2.73. The number of carboxylic acids is 1. The van der Waals surface area contributed by atoms with Gasteiger partial charge in [0.2, 0.25) is 11.8 Å². The second-order valence-electron chi connectivity index (χ2n) is 12.8. The zero-order valence-corrected chi connectivity index (χ0v) is 21.3. The molecule has 1 saturated heterocycles. The van der Waals surface area contributed by atoms with Crippen LogP contribution < -0.4 is 4.90 Å². The Hall–Kier alpha value is -2.43. The molecule has 5 heteroatoms. The Labute approximate surface area is 208 Å². The van der Waals surface area contributed by atoms with Gasteiger partial charge in [-0.15, -0.1) is 0 Å². The average molecular weight is 476 g/mol. The monoisotopic (exact) mass is 475 g/mol. The van der Waals surface area contributed by atoms with E-state index in [2.05, 4.69) is 26.8 Å². The first-order chi connectivity index (χ1) is 16.6. The number of hydrogen-bond acceptors (Lipinski definition) is 3. The number of imide groups is 1. The minimum Gasteiger partial charge on any atom is -0.481 e. The maximum absolute atomic E-state index is 14.1. The van der Waals surface area contributed by atoms with Gasteiger partial charge in [0.25, 0.3) is 0 Å². The van der Waals surface area contributed by atoms with E-state index >= 15 is 0 Å². The van der Waals surface area contributed by atoms with Crippen LogP contribution in [0.4, 0.5) is 5.69 Å². The van der Waals surface area contributed by atoms with Crippen LogP contribution in [0.25, 0.3) is 0 Å². The molecule has 1 aliphatic heterocycles. The number of allylic oxidation sites excluding steroid dienone is 2. The molecule has 1 aromatic carbocycles. The summed E-state index contributed by atoms with van der Waals surface area (Å²) in [6, 6.07) is 9.39. The fraction of sp³-hybridized carbons (Fsp3) is 0.633. The van der Waals surface area contributed by atoms with E-state index in [1.807, 2.05) is 37.3 Å². The molecule has 8 atom stereocenters. The first-order valence-corrected chi connectivity index (χ1v) is 13.4. The van der Waals surface area contributed by atoms with E-state index in [1.54, 1.807) is 0 Å². The summed E-state index contributed by atoms with van der Waals surface area (Å²) in [4.78, 5) is 42.0. The molecule has 5 aliphatic carbocycles. The highest BCUT2D eigenvalue weighted by atomic mass is 16.4. The molecule has 2 amide bonds. The molecule has 5 nitrogen and oxygen atoms in total. The third-order valence-electron chi connectivity index (χ3n) is 11.2. The van der Waals surface area contributed by atoms with Crippen molar-refractivity contribution in [2.75, 3.05) is 4.90 Å². The van der Waals surface area contributed by atoms with Crippen molar-refractivity contribution in [1.82, 2.24) is 0 Å². The lowest BCUT2D eigenvalue weighted by molar-refractivity contribution is -0.194. The van der Waals surface area contributed by atoms with Crippen molar-refractivity contribution in [2.45, 2.75) is 66.2 Å². The van der Waals surface area contributed by atoms with E-state index in [0.29, 0.717) is 11.6 Å². The van der Waals surface area contributed by atoms with Gasteiger partial charge in [0.1, 0.15) is 0 Å². The zero-order valence-electron chi connectivity index (χ0n) is 21.3. The molecule has 0 unspecified atom stereocenters. The van der Waals surface area contributed by atoms with E-state index in [9.17, 15) is 19.5 Å². The summed E-state index contributed by atoms with van der Waals surface area (Å²) in [6.45, 7) is 8.69. The number of amides is 2. The highest BCUT2D eigenvalue weighted by molar-refractivity contribution is 6.22. The summed E-state index contributed by atoms with van der Waals surface area (Å²) in [5.74, 6) is -0.668. The van der Waals surface area contributed by atoms with Crippen molar-refractivity contribution in [3.63, 3.8) is 0 Å². The van der Waals surface area contributed by atoms with Crippen LogP contribution in [-0.4, -0.2) is 22.9 Å². The van der Waals surface area contributed by atoms with E-state index in [1.165, 1.54) is 10.5 Å². The van der Waals surface area contributed by atoms with Crippen LogP contribution in [-0.2, 0) is 14.4 Å². The van der Waals surface area contributed by atoms with Gasteiger partial charge in [0, 0.05) is 5.41 Å². The predicted octanol–water partition coefficient (Wildman–Crippen LogP) is 5.70. The smallest absolute Gasteiger partial charge is 0.309 e. The standard InChI is InChI=1S/C30H37NO4/c1-17(2)20-16-30-14-11-21-28(3,12-8-13-29(21,4)27(34)35)22(30)15-19(20)23-24(30)26(33)31(25(23)32)18-9-6-5-7-10-18/h5-7,9-10,16-17,19,21-24H,8,11-15H2,1-4H3,(H,34,35)/t19-,21+,22+,23-,24-,28+,29-,30+/m1/s1. The number of hydrogen-bond donors (Lipinski definition) is 1. The van der Waals surface area contributed by atoms with E-state index in [0.717, 1.165) is 38.5 Å². The minimum atomic E-state index is -0.721. The predicted molar refractivity (Wildman–Crippen MR) is 133 cm³/mol. The van der Waals surface area contributed by atoms with Gasteiger partial charge in [0.15, 0.2) is 0 Å². The Morgan fingerprint density at radius 2 is 1.74 bits per heavy atom. The Morgan fingerprint density at radius 3 is 2.40 bits per heavy atom. The van der Waals surface area contributed by atoms with E-state index in [4.69, 9.17) is 0 Å². The van der Waals surface area contributed by atoms with Gasteiger partial charge in [-0.25, -0.2) is 0 Å². The van der Waals surface area contributed by atoms with Crippen molar-refractivity contribution in [3.8, 4) is 0 Å². The topological polar surface area (TPSA) is 74.7 Å². The summed E-state index contributed by atoms with van der Waals surface area (Å²) >= 11 is 0. The molecule has 1 N–H and O–H groups in total. The second-order valence-corrected chi connectivity index (χ2v) is 12.8. The third-order valence-corrected chi connectivity index (χ3v) is 11.2. The maximum atomic E-state index is 14.1. The summed E-state index contributed by atoms with van der Waals surface area (Å²) in [7, 11) is 0. The number of benzene rings is 1. The molecular formula is C30H37NO4. The summed E-state index contributed by atoms with van der Waals surface area (Å²) in [6.07, 6.45) is 7.58. The van der Waals surface area contributed by atoms with Crippen LogP contribution in [0.15, 0.2) is 42.0 Å². The van der Waals surface area contributed by atoms with Crippen LogP contribution in [0, 0.1) is 51.8 Å². The second kappa shape index (κ2) is 7.30. The normalized spacial score (nSPS) is 44.1. The molecule has 186 valence electrons. The van der Waals surface area contributed by atoms with Crippen molar-refractivity contribution in [2.24, 2.45) is 51.8 Å². The number of rotatable bonds is 3. The highest BCUT2D eigenvalue weighted by Crippen LogP contribution is 2.74. The number of carbonyl (C=O) groups excluding carboxylic acids is 2. The van der Waals surface area contributed by atoms with Gasteiger partial charge >= 0.3 is 5.97 Å². The molecule has 3 saturated carbocycles. The number of carboxylic acid groups (broad SMARTS) is 1. The fourth-order valence-corrected chi connectivity index (χ4v) is 9.79. The quantitative estimate of drug-likeness (QED) is 0.449. The number of anilines is 1. The lowest BCUT2D eigenvalue weighted by Crippen LogP contribution is -2.65. The number of aliphatic carboxylic acids is 1. The fourth-order valence-electron chi connectivity index (χ4n) is 9.79. The van der Waals surface area contributed by atoms with E-state index in [-0.39, 0.29) is 52.2 Å². The number of carbonyl (C=O) groups is 3. The van der Waals surface area contributed by atoms with Crippen molar-refractivity contribution < 1.29 is 19.5 Å². The summed E-state index contributed by atoms with van der Waals surface area (Å²) in [5, 5.41) is 10.3. The van der Waals surface area contributed by atoms with Crippen LogP contribution >= 0.6 is 0 Å². The SMILES string of the molecule is CC(C)C1=C[C@@]23CC[C@H]4[C@](C)(CCC[C@@]4(C)C(=O)O)[C@@H]2C[C@H]1[C@H]1C(=O)N(c2ccccc2)C(=O)[C@@H]13. The molecule has 2 bridgehead atoms. The Balaban J connectivity index is 1.50. The molecule has 1 aromatic rings. The van der Waals surface area contributed by atoms with Gasteiger partial charge in [-0.05, 0) is 80.2 Å². The molecule has 0 aromatic heterocycles. The molecule has 6 aliphatic rings. The van der Waals surface area contributed by atoms with Gasteiger partial charge in [-0.1, -0.05) is 57.0 Å². The number of fused-ring (bicyclic) bond motifs is 1. The first-order valence-electron chi connectivity index (χ1n) is 13.4. The van der Waals surface area contributed by atoms with Crippen LogP contribution in [0.3, 0.4) is 0 Å². The lowest BCUT2D eigenvalue weighted by Gasteiger charge is -2.68. The summed E-state index contributed by atoms with van der Waals surface area (Å²) < 4.78 is 0. The largest absolute Gasteiger partial charge is 0.481 e. The van der Waals surface area contributed by atoms with Gasteiger partial charge < -0.3 is 5.11 Å². The average Bonchev–Trinajstić information content (AvgIpc) is 3.11. The van der Waals surface area contributed by atoms with Gasteiger partial charge in [-0.2, -0.15) is 0 Å². The molecule has 1 spiro atoms. The van der Waals surface area contributed by atoms with Gasteiger partial charge in [-0.3, -0.25) is 19.3 Å². The van der Waals surface area contributed by atoms with Crippen LogP contribution in [0.5, 0.6) is 0 Å². The number of nitrogens with zero attached hydrogens (tertiary/aromatic N) is 1. The first kappa shape index (κ1) is 23.0. The molecule has 7 rings (SSSR count). The molecular weight excluding hydrogens is 438 g/mol. The Morgan fingerprint density at radius 1 is 1.03 bits per heavy atom. The molecule has 1 heterocycles. The lowest BCUT2D eigenvalue weighted by atomic mass is 9.34. The molecule has 0 radical (unpaired) electrons. The number of para-hydroxylation sites is 1. The highest BCUT2D eigenvalue weighted by Gasteiger charge is 2.73. The minimum absolute atomic E-state index is 0.0356. The Kier molecular flexibility index (Phi) is 4.80. The van der Waals surface area contributed by atoms with Gasteiger partial charge in [0.05, 0.1) is 22.9 Å². The van der Waals surface area contributed by atoms with Crippen molar-refractivity contribution in [1.29, 1.82) is 0 Å². The molecule has 4 fully saturated rings. The van der Waals surface area contributed by atoms with Crippen LogP contribution in [0.1, 0.15) is 66.2 Å². The zero-order chi connectivity index (χ0) is 24.9. The van der Waals surface area contributed by atoms with E-state index < -0.39 is 11.4 Å². The molecule has 35 heavy (non-hydrogen) atoms. The Bertz CT molecular complexity index is 1140. The maximum Gasteiger partial charge on any atom is 0.309 e.